The Morgan fingerprint density at radius 3 is 2.71 bits per heavy atom. The highest BCUT2D eigenvalue weighted by atomic mass is 19.1. The Balaban J connectivity index is 1.56. The van der Waals surface area contributed by atoms with Crippen LogP contribution in [0.1, 0.15) is 70.9 Å². The molecule has 0 radical (unpaired) electrons. The summed E-state index contributed by atoms with van der Waals surface area (Å²) >= 11 is 0. The molecule has 7 heteroatoms. The number of carbonyl (C=O) groups excluding carboxylic acids is 1. The topological polar surface area (TPSA) is 91.8 Å². The molecule has 6 nitrogen and oxygen atoms in total. The molecule has 1 amide bonds. The Hall–Kier alpha value is -3.58. The molecule has 1 saturated carbocycles. The quantitative estimate of drug-likeness (QED) is 0.399. The Bertz CT molecular complexity index is 1360. The van der Waals surface area contributed by atoms with Crippen molar-refractivity contribution in [3.05, 3.63) is 81.9 Å². The Kier molecular flexibility index (Phi) is 5.68. The van der Waals surface area contributed by atoms with Crippen molar-refractivity contribution in [2.75, 3.05) is 12.8 Å². The molecule has 0 unspecified atom stereocenters. The number of aromatic nitrogens is 1. The van der Waals surface area contributed by atoms with Gasteiger partial charge in [0.1, 0.15) is 11.5 Å². The van der Waals surface area contributed by atoms with Crippen molar-refractivity contribution in [2.45, 2.75) is 51.3 Å². The molecule has 1 aromatic heterocycles. The summed E-state index contributed by atoms with van der Waals surface area (Å²) in [6.45, 7) is 3.99. The van der Waals surface area contributed by atoms with Crippen molar-refractivity contribution in [1.82, 2.24) is 9.88 Å². The number of rotatable bonds is 6. The minimum Gasteiger partial charge on any atom is -0.398 e. The van der Waals surface area contributed by atoms with Gasteiger partial charge in [-0.2, -0.15) is 0 Å². The first-order valence-corrected chi connectivity index (χ1v) is 11.8. The molecule has 5 rings (SSSR count). The second kappa shape index (κ2) is 8.57. The van der Waals surface area contributed by atoms with Crippen molar-refractivity contribution >= 4 is 17.8 Å². The van der Waals surface area contributed by atoms with Gasteiger partial charge in [-0.25, -0.2) is 4.39 Å². The summed E-state index contributed by atoms with van der Waals surface area (Å²) in [6, 6.07) is 10.9. The third-order valence-electron chi connectivity index (χ3n) is 6.85. The zero-order valence-corrected chi connectivity index (χ0v) is 20.2. The van der Waals surface area contributed by atoms with Gasteiger partial charge in [-0.05, 0) is 61.4 Å². The standard InChI is InChI=1S/C28H29FN4O2/c1-28(2,35)23-9-8-19(21(13-31-3)25(23)30)18-11-20(16-6-7-16)22(24(29)12-18)15-33-14-17-5-4-10-32-26(17)27(33)34/h4-5,8-13,16,35H,6-7,14-15,30H2,1-3H3. The Labute approximate surface area is 204 Å². The molecule has 0 saturated heterocycles. The minimum absolute atomic E-state index is 0.165. The van der Waals surface area contributed by atoms with Gasteiger partial charge in [-0.15, -0.1) is 0 Å². The molecule has 35 heavy (non-hydrogen) atoms. The predicted molar refractivity (Wildman–Crippen MR) is 135 cm³/mol. The van der Waals surface area contributed by atoms with E-state index < -0.39 is 5.60 Å². The van der Waals surface area contributed by atoms with Gasteiger partial charge in [0.05, 0.1) is 5.60 Å². The van der Waals surface area contributed by atoms with Crippen molar-refractivity contribution in [1.29, 1.82) is 0 Å². The second-order valence-electron chi connectivity index (χ2n) is 9.91. The molecule has 1 aliphatic heterocycles. The first kappa shape index (κ1) is 23.2. The van der Waals surface area contributed by atoms with Crippen LogP contribution in [0, 0.1) is 5.82 Å². The second-order valence-corrected chi connectivity index (χ2v) is 9.91. The number of halogens is 1. The highest BCUT2D eigenvalue weighted by Gasteiger charge is 2.33. The summed E-state index contributed by atoms with van der Waals surface area (Å²) in [5.41, 5.74) is 11.2. The van der Waals surface area contributed by atoms with Gasteiger partial charge in [-0.3, -0.25) is 14.8 Å². The molecule has 3 N–H and O–H groups in total. The summed E-state index contributed by atoms with van der Waals surface area (Å²) in [5, 5.41) is 10.5. The fourth-order valence-corrected chi connectivity index (χ4v) is 4.93. The summed E-state index contributed by atoms with van der Waals surface area (Å²) in [5.74, 6) is -0.234. The van der Waals surface area contributed by atoms with Crippen LogP contribution in [-0.2, 0) is 18.7 Å². The van der Waals surface area contributed by atoms with Crippen molar-refractivity contribution in [3.63, 3.8) is 0 Å². The van der Waals surface area contributed by atoms with Crippen molar-refractivity contribution < 1.29 is 14.3 Å². The van der Waals surface area contributed by atoms with E-state index in [2.05, 4.69) is 9.98 Å². The van der Waals surface area contributed by atoms with Gasteiger partial charge >= 0.3 is 0 Å². The molecular formula is C28H29FN4O2. The van der Waals surface area contributed by atoms with Crippen LogP contribution in [-0.4, -0.2) is 34.2 Å². The van der Waals surface area contributed by atoms with Crippen molar-refractivity contribution in [3.8, 4) is 11.1 Å². The van der Waals surface area contributed by atoms with Crippen LogP contribution in [0.15, 0.2) is 47.6 Å². The number of fused-ring (bicyclic) bond motifs is 1. The monoisotopic (exact) mass is 472 g/mol. The van der Waals surface area contributed by atoms with Crippen LogP contribution in [0.4, 0.5) is 10.1 Å². The number of carbonyl (C=O) groups is 1. The molecule has 3 aromatic rings. The normalized spacial score (nSPS) is 15.8. The van der Waals surface area contributed by atoms with E-state index in [9.17, 15) is 9.90 Å². The number of hydrogen-bond donors (Lipinski definition) is 2. The SMILES string of the molecule is CN=Cc1c(-c2cc(F)c(CN3Cc4cccnc4C3=O)c(C3CC3)c2)ccc(C(C)(C)O)c1N. The number of aliphatic hydroxyl groups is 1. The third kappa shape index (κ3) is 4.21. The number of benzene rings is 2. The highest BCUT2D eigenvalue weighted by Crippen LogP contribution is 2.45. The van der Waals surface area contributed by atoms with Crippen LogP contribution in [0.25, 0.3) is 11.1 Å². The third-order valence-corrected chi connectivity index (χ3v) is 6.85. The van der Waals surface area contributed by atoms with Gasteiger partial charge in [0, 0.05) is 60.5 Å². The fraction of sp³-hybridized carbons (Fsp3) is 0.321. The lowest BCUT2D eigenvalue weighted by atomic mass is 9.88. The molecule has 180 valence electrons. The maximum atomic E-state index is 15.7. The Morgan fingerprint density at radius 1 is 1.29 bits per heavy atom. The molecule has 0 bridgehead atoms. The Morgan fingerprint density at radius 2 is 2.06 bits per heavy atom. The summed E-state index contributed by atoms with van der Waals surface area (Å²) in [7, 11) is 1.65. The molecule has 1 aliphatic carbocycles. The maximum absolute atomic E-state index is 15.7. The van der Waals surface area contributed by atoms with Gasteiger partial charge in [-0.1, -0.05) is 24.3 Å². The molecule has 1 fully saturated rings. The van der Waals surface area contributed by atoms with Gasteiger partial charge in [0.25, 0.3) is 5.91 Å². The maximum Gasteiger partial charge on any atom is 0.273 e. The number of nitrogen functional groups attached to an aromatic ring is 1. The number of pyridine rings is 1. The van der Waals surface area contributed by atoms with Gasteiger partial charge in [0.2, 0.25) is 0 Å². The molecule has 0 spiro atoms. The molecule has 0 atom stereocenters. The number of nitrogens with zero attached hydrogens (tertiary/aromatic N) is 3. The van der Waals surface area contributed by atoms with E-state index in [0.717, 1.165) is 29.5 Å². The van der Waals surface area contributed by atoms with Crippen LogP contribution >= 0.6 is 0 Å². The molecule has 2 aromatic carbocycles. The summed E-state index contributed by atoms with van der Waals surface area (Å²) in [4.78, 5) is 22.9. The number of nitrogens with two attached hydrogens (primary N) is 1. The number of hydrogen-bond acceptors (Lipinski definition) is 5. The minimum atomic E-state index is -1.12. The predicted octanol–water partition coefficient (Wildman–Crippen LogP) is 4.78. The van der Waals surface area contributed by atoms with E-state index in [1.165, 1.54) is 6.07 Å². The van der Waals surface area contributed by atoms with Crippen LogP contribution < -0.4 is 5.73 Å². The molecule has 2 heterocycles. The smallest absolute Gasteiger partial charge is 0.273 e. The lowest BCUT2D eigenvalue weighted by molar-refractivity contribution is 0.0759. The zero-order valence-electron chi connectivity index (χ0n) is 20.2. The van der Waals surface area contributed by atoms with Gasteiger partial charge < -0.3 is 15.7 Å². The first-order valence-electron chi connectivity index (χ1n) is 11.8. The zero-order chi connectivity index (χ0) is 24.9. The van der Waals surface area contributed by atoms with E-state index in [4.69, 9.17) is 5.73 Å². The fourth-order valence-electron chi connectivity index (χ4n) is 4.93. The number of amides is 1. The lowest BCUT2D eigenvalue weighted by Crippen LogP contribution is -2.25. The largest absolute Gasteiger partial charge is 0.398 e. The summed E-state index contributed by atoms with van der Waals surface area (Å²) in [6.07, 6.45) is 5.25. The number of aliphatic imine (C=N–C) groups is 1. The van der Waals surface area contributed by atoms with Crippen molar-refractivity contribution in [2.24, 2.45) is 4.99 Å². The number of anilines is 1. The van der Waals surface area contributed by atoms with E-state index in [0.29, 0.717) is 40.2 Å². The van der Waals surface area contributed by atoms with Gasteiger partial charge in [0.15, 0.2) is 0 Å². The first-order chi connectivity index (χ1) is 16.7. The summed E-state index contributed by atoms with van der Waals surface area (Å²) < 4.78 is 15.7. The van der Waals surface area contributed by atoms with Crippen LogP contribution in [0.3, 0.4) is 0 Å². The van der Waals surface area contributed by atoms with Crippen LogP contribution in [0.2, 0.25) is 0 Å². The van der Waals surface area contributed by atoms with E-state index >= 15 is 4.39 Å². The van der Waals surface area contributed by atoms with E-state index in [1.807, 2.05) is 24.3 Å². The van der Waals surface area contributed by atoms with E-state index in [-0.39, 0.29) is 24.2 Å². The molecule has 2 aliphatic rings. The average molecular weight is 473 g/mol. The molecular weight excluding hydrogens is 443 g/mol. The highest BCUT2D eigenvalue weighted by molar-refractivity contribution is 5.98. The van der Waals surface area contributed by atoms with Crippen LogP contribution in [0.5, 0.6) is 0 Å². The average Bonchev–Trinajstić information content (AvgIpc) is 3.60. The lowest BCUT2D eigenvalue weighted by Gasteiger charge is -2.23. The van der Waals surface area contributed by atoms with E-state index in [1.54, 1.807) is 44.3 Å².